The van der Waals surface area contributed by atoms with Crippen LogP contribution in [0.5, 0.6) is 0 Å². The number of amides is 2. The first-order valence-electron chi connectivity index (χ1n) is 9.22. The van der Waals surface area contributed by atoms with Crippen LogP contribution in [0.15, 0.2) is 35.1 Å². The molecule has 2 fully saturated rings. The van der Waals surface area contributed by atoms with E-state index < -0.39 is 5.41 Å². The molecule has 0 N–H and O–H groups in total. The monoisotopic (exact) mass is 371 g/mol. The number of piperidine rings is 1. The molecule has 2 saturated heterocycles. The fourth-order valence-corrected chi connectivity index (χ4v) is 4.19. The number of carbonyl (C=O) groups excluding carboxylic acids is 2. The molecule has 3 heterocycles. The van der Waals surface area contributed by atoms with Crippen molar-refractivity contribution >= 4 is 11.8 Å². The fourth-order valence-electron chi connectivity index (χ4n) is 4.19. The Morgan fingerprint density at radius 3 is 2.74 bits per heavy atom. The summed E-state index contributed by atoms with van der Waals surface area (Å²) in [7, 11) is 0. The van der Waals surface area contributed by atoms with Crippen LogP contribution in [0.1, 0.15) is 41.1 Å². The third-order valence-electron chi connectivity index (χ3n) is 5.69. The molecule has 1 aromatic heterocycles. The number of aryl methyl sites for hydroxylation is 1. The van der Waals surface area contributed by atoms with Crippen molar-refractivity contribution in [3.05, 3.63) is 53.5 Å². The summed E-state index contributed by atoms with van der Waals surface area (Å²) in [5.41, 5.74) is 0.945. The summed E-state index contributed by atoms with van der Waals surface area (Å²) in [5, 5.41) is 0. The molecule has 1 spiro atoms. The van der Waals surface area contributed by atoms with E-state index in [2.05, 4.69) is 4.98 Å². The second-order valence-electron chi connectivity index (χ2n) is 7.48. The highest BCUT2D eigenvalue weighted by Crippen LogP contribution is 2.41. The van der Waals surface area contributed by atoms with Crippen LogP contribution in [0.4, 0.5) is 4.39 Å². The number of benzene rings is 1. The number of aromatic nitrogens is 1. The maximum absolute atomic E-state index is 13.2. The second kappa shape index (κ2) is 6.79. The largest absolute Gasteiger partial charge is 0.438 e. The standard InChI is InChI=1S/C20H22FN3O3/c1-14-17(27-13-22-14)18(25)24-10-8-20(12-24)7-2-9-23(19(20)26)11-15-3-5-16(21)6-4-15/h3-6,13H,2,7-12H2,1H3/t20-/m0/s1. The Hall–Kier alpha value is -2.70. The lowest BCUT2D eigenvalue weighted by atomic mass is 9.78. The number of halogens is 1. The minimum atomic E-state index is -0.526. The molecule has 2 aliphatic rings. The van der Waals surface area contributed by atoms with E-state index in [0.29, 0.717) is 38.3 Å². The molecular weight excluding hydrogens is 349 g/mol. The topological polar surface area (TPSA) is 66.7 Å². The molecule has 1 atom stereocenters. The van der Waals surface area contributed by atoms with Gasteiger partial charge in [-0.25, -0.2) is 9.37 Å². The molecule has 0 aliphatic carbocycles. The molecular formula is C20H22FN3O3. The van der Waals surface area contributed by atoms with Gasteiger partial charge >= 0.3 is 0 Å². The van der Waals surface area contributed by atoms with Gasteiger partial charge in [0, 0.05) is 26.2 Å². The predicted octanol–water partition coefficient (Wildman–Crippen LogP) is 2.78. The number of oxazole rings is 1. The van der Waals surface area contributed by atoms with Crippen LogP contribution in [0, 0.1) is 18.2 Å². The minimum Gasteiger partial charge on any atom is -0.438 e. The molecule has 0 saturated carbocycles. The van der Waals surface area contributed by atoms with E-state index in [1.54, 1.807) is 24.0 Å². The number of carbonyl (C=O) groups is 2. The number of nitrogens with zero attached hydrogens (tertiary/aromatic N) is 3. The Bertz CT molecular complexity index is 864. The van der Waals surface area contributed by atoms with Crippen LogP contribution in [-0.2, 0) is 11.3 Å². The van der Waals surface area contributed by atoms with Gasteiger partial charge < -0.3 is 14.2 Å². The molecule has 27 heavy (non-hydrogen) atoms. The maximum Gasteiger partial charge on any atom is 0.291 e. The van der Waals surface area contributed by atoms with Crippen molar-refractivity contribution in [1.82, 2.24) is 14.8 Å². The van der Waals surface area contributed by atoms with Crippen molar-refractivity contribution in [1.29, 1.82) is 0 Å². The molecule has 4 rings (SSSR count). The lowest BCUT2D eigenvalue weighted by Crippen LogP contribution is -2.50. The van der Waals surface area contributed by atoms with Crippen LogP contribution in [0.25, 0.3) is 0 Å². The van der Waals surface area contributed by atoms with E-state index in [1.807, 2.05) is 4.90 Å². The Balaban J connectivity index is 1.48. The van der Waals surface area contributed by atoms with E-state index in [-0.39, 0.29) is 23.4 Å². The summed E-state index contributed by atoms with van der Waals surface area (Å²) >= 11 is 0. The zero-order valence-corrected chi connectivity index (χ0v) is 15.3. The van der Waals surface area contributed by atoms with Gasteiger partial charge in [0.25, 0.3) is 5.91 Å². The van der Waals surface area contributed by atoms with Gasteiger partial charge in [-0.1, -0.05) is 12.1 Å². The molecule has 142 valence electrons. The zero-order valence-electron chi connectivity index (χ0n) is 15.3. The SMILES string of the molecule is Cc1ncoc1C(=O)N1CC[C@@]2(CCCN(Cc3ccc(F)cc3)C2=O)C1. The van der Waals surface area contributed by atoms with Gasteiger partial charge in [0.1, 0.15) is 5.82 Å². The van der Waals surface area contributed by atoms with Crippen molar-refractivity contribution in [2.24, 2.45) is 5.41 Å². The zero-order chi connectivity index (χ0) is 19.0. The third kappa shape index (κ3) is 3.22. The average Bonchev–Trinajstić information content (AvgIpc) is 3.28. The predicted molar refractivity (Wildman–Crippen MR) is 95.2 cm³/mol. The van der Waals surface area contributed by atoms with Gasteiger partial charge in [-0.2, -0.15) is 0 Å². The Labute approximate surface area is 157 Å². The Morgan fingerprint density at radius 1 is 1.26 bits per heavy atom. The Kier molecular flexibility index (Phi) is 4.45. The highest BCUT2D eigenvalue weighted by atomic mass is 19.1. The van der Waals surface area contributed by atoms with Crippen LogP contribution in [0.2, 0.25) is 0 Å². The maximum atomic E-state index is 13.2. The molecule has 0 radical (unpaired) electrons. The number of rotatable bonds is 3. The molecule has 1 aromatic carbocycles. The van der Waals surface area contributed by atoms with Crippen LogP contribution < -0.4 is 0 Å². The lowest BCUT2D eigenvalue weighted by molar-refractivity contribution is -0.146. The average molecular weight is 371 g/mol. The molecule has 0 unspecified atom stereocenters. The minimum absolute atomic E-state index is 0.0858. The summed E-state index contributed by atoms with van der Waals surface area (Å²) in [5.74, 6) is -0.153. The van der Waals surface area contributed by atoms with E-state index in [1.165, 1.54) is 18.5 Å². The molecule has 2 aromatic rings. The van der Waals surface area contributed by atoms with Crippen molar-refractivity contribution in [2.45, 2.75) is 32.7 Å². The van der Waals surface area contributed by atoms with Crippen LogP contribution in [-0.4, -0.2) is 46.2 Å². The quantitative estimate of drug-likeness (QED) is 0.832. The normalized spacial score (nSPS) is 22.7. The summed E-state index contributed by atoms with van der Waals surface area (Å²) in [6, 6.07) is 6.24. The summed E-state index contributed by atoms with van der Waals surface area (Å²) in [4.78, 5) is 33.4. The Morgan fingerprint density at radius 2 is 2.04 bits per heavy atom. The van der Waals surface area contributed by atoms with E-state index in [9.17, 15) is 14.0 Å². The van der Waals surface area contributed by atoms with Crippen LogP contribution >= 0.6 is 0 Å². The smallest absolute Gasteiger partial charge is 0.291 e. The molecule has 2 amide bonds. The van der Waals surface area contributed by atoms with Crippen molar-refractivity contribution in [2.75, 3.05) is 19.6 Å². The molecule has 0 bridgehead atoms. The van der Waals surface area contributed by atoms with E-state index >= 15 is 0 Å². The third-order valence-corrected chi connectivity index (χ3v) is 5.69. The number of likely N-dealkylation sites (tertiary alicyclic amines) is 2. The van der Waals surface area contributed by atoms with E-state index in [0.717, 1.165) is 18.4 Å². The first-order chi connectivity index (χ1) is 13.0. The van der Waals surface area contributed by atoms with Crippen molar-refractivity contribution in [3.8, 4) is 0 Å². The summed E-state index contributed by atoms with van der Waals surface area (Å²) in [6.07, 6.45) is 3.61. The van der Waals surface area contributed by atoms with Crippen molar-refractivity contribution in [3.63, 3.8) is 0 Å². The summed E-state index contributed by atoms with van der Waals surface area (Å²) in [6.45, 7) is 3.84. The van der Waals surface area contributed by atoms with Gasteiger partial charge in [0.2, 0.25) is 11.7 Å². The van der Waals surface area contributed by atoms with Crippen molar-refractivity contribution < 1.29 is 18.4 Å². The van der Waals surface area contributed by atoms with E-state index in [4.69, 9.17) is 4.42 Å². The highest BCUT2D eigenvalue weighted by Gasteiger charge is 2.49. The first kappa shape index (κ1) is 17.7. The highest BCUT2D eigenvalue weighted by molar-refractivity contribution is 5.94. The lowest BCUT2D eigenvalue weighted by Gasteiger charge is -2.39. The first-order valence-corrected chi connectivity index (χ1v) is 9.22. The second-order valence-corrected chi connectivity index (χ2v) is 7.48. The van der Waals surface area contributed by atoms with Gasteiger partial charge in [-0.05, 0) is 43.9 Å². The van der Waals surface area contributed by atoms with Gasteiger partial charge in [-0.15, -0.1) is 0 Å². The fraction of sp³-hybridized carbons (Fsp3) is 0.450. The molecule has 6 nitrogen and oxygen atoms in total. The number of hydrogen-bond acceptors (Lipinski definition) is 4. The molecule has 7 heteroatoms. The van der Waals surface area contributed by atoms with Gasteiger partial charge in [0.05, 0.1) is 11.1 Å². The van der Waals surface area contributed by atoms with Crippen LogP contribution in [0.3, 0.4) is 0 Å². The number of hydrogen-bond donors (Lipinski definition) is 0. The van der Waals surface area contributed by atoms with Gasteiger partial charge in [-0.3, -0.25) is 9.59 Å². The summed E-state index contributed by atoms with van der Waals surface area (Å²) < 4.78 is 18.3. The van der Waals surface area contributed by atoms with Gasteiger partial charge in [0.15, 0.2) is 6.39 Å². The molecule has 2 aliphatic heterocycles.